The molecule has 14 heavy (non-hydrogen) atoms. The second-order valence-electron chi connectivity index (χ2n) is 4.36. The Morgan fingerprint density at radius 2 is 1.86 bits per heavy atom. The molecule has 0 unspecified atom stereocenters. The van der Waals surface area contributed by atoms with Crippen molar-refractivity contribution in [3.05, 3.63) is 23.8 Å². The summed E-state index contributed by atoms with van der Waals surface area (Å²) in [5.41, 5.74) is 13.7. The number of hydrogen-bond donors (Lipinski definition) is 2. The van der Waals surface area contributed by atoms with E-state index in [2.05, 4.69) is 0 Å². The minimum Gasteiger partial charge on any atom is -0.399 e. The molecule has 0 aliphatic rings. The lowest BCUT2D eigenvalue weighted by Gasteiger charge is -2.20. The molecule has 0 aliphatic carbocycles. The Labute approximate surface area is 85.0 Å². The lowest BCUT2D eigenvalue weighted by molar-refractivity contribution is -0.0146. The van der Waals surface area contributed by atoms with Gasteiger partial charge in [0.05, 0.1) is 12.2 Å². The molecule has 0 saturated heterocycles. The standard InChI is InChI=1S/C11H18N2O/c1-11(2,3)14-7-8-6-9(12)4-5-10(8)13/h4-6H,7,12-13H2,1-3H3. The Balaban J connectivity index is 2.72. The minimum absolute atomic E-state index is 0.156. The van der Waals surface area contributed by atoms with Crippen molar-refractivity contribution < 1.29 is 4.74 Å². The summed E-state index contributed by atoms with van der Waals surface area (Å²) in [4.78, 5) is 0. The summed E-state index contributed by atoms with van der Waals surface area (Å²) in [6.45, 7) is 6.53. The SMILES string of the molecule is CC(C)(C)OCc1cc(N)ccc1N. The number of benzene rings is 1. The third-order valence-corrected chi connectivity index (χ3v) is 1.83. The van der Waals surface area contributed by atoms with Gasteiger partial charge in [0, 0.05) is 16.9 Å². The quantitative estimate of drug-likeness (QED) is 0.709. The molecule has 0 atom stereocenters. The number of hydrogen-bond acceptors (Lipinski definition) is 3. The molecule has 0 radical (unpaired) electrons. The molecule has 3 nitrogen and oxygen atoms in total. The van der Waals surface area contributed by atoms with E-state index in [4.69, 9.17) is 16.2 Å². The molecular weight excluding hydrogens is 176 g/mol. The Morgan fingerprint density at radius 3 is 2.43 bits per heavy atom. The van der Waals surface area contributed by atoms with Crippen molar-refractivity contribution in [2.75, 3.05) is 11.5 Å². The molecule has 0 heterocycles. The maximum atomic E-state index is 5.78. The fourth-order valence-corrected chi connectivity index (χ4v) is 1.04. The van der Waals surface area contributed by atoms with Crippen LogP contribution in [0.15, 0.2) is 18.2 Å². The minimum atomic E-state index is -0.156. The molecule has 1 aromatic carbocycles. The van der Waals surface area contributed by atoms with Crippen LogP contribution >= 0.6 is 0 Å². The van der Waals surface area contributed by atoms with Crippen LogP contribution in [0.25, 0.3) is 0 Å². The Bertz CT molecular complexity index is 316. The van der Waals surface area contributed by atoms with Gasteiger partial charge in [-0.3, -0.25) is 0 Å². The molecule has 0 aliphatic heterocycles. The second-order valence-corrected chi connectivity index (χ2v) is 4.36. The molecule has 0 amide bonds. The van der Waals surface area contributed by atoms with Gasteiger partial charge < -0.3 is 16.2 Å². The molecule has 0 spiro atoms. The lowest BCUT2D eigenvalue weighted by atomic mass is 10.1. The average molecular weight is 194 g/mol. The highest BCUT2D eigenvalue weighted by Crippen LogP contribution is 2.19. The van der Waals surface area contributed by atoms with Gasteiger partial charge in [-0.2, -0.15) is 0 Å². The Morgan fingerprint density at radius 1 is 1.21 bits per heavy atom. The molecule has 1 aromatic rings. The van der Waals surface area contributed by atoms with E-state index in [0.29, 0.717) is 12.3 Å². The smallest absolute Gasteiger partial charge is 0.0744 e. The highest BCUT2D eigenvalue weighted by molar-refractivity contribution is 5.54. The van der Waals surface area contributed by atoms with E-state index in [9.17, 15) is 0 Å². The largest absolute Gasteiger partial charge is 0.399 e. The number of nitrogens with two attached hydrogens (primary N) is 2. The van der Waals surface area contributed by atoms with Gasteiger partial charge in [0.15, 0.2) is 0 Å². The average Bonchev–Trinajstić information content (AvgIpc) is 2.05. The summed E-state index contributed by atoms with van der Waals surface area (Å²) >= 11 is 0. The summed E-state index contributed by atoms with van der Waals surface area (Å²) < 4.78 is 5.62. The third kappa shape index (κ3) is 3.26. The van der Waals surface area contributed by atoms with E-state index < -0.39 is 0 Å². The molecule has 0 aromatic heterocycles. The molecular formula is C11H18N2O. The maximum absolute atomic E-state index is 5.78. The first-order valence-corrected chi connectivity index (χ1v) is 4.66. The van der Waals surface area contributed by atoms with Crippen molar-refractivity contribution in [2.24, 2.45) is 0 Å². The maximum Gasteiger partial charge on any atom is 0.0744 e. The number of ether oxygens (including phenoxy) is 1. The zero-order valence-electron chi connectivity index (χ0n) is 9.00. The summed E-state index contributed by atoms with van der Waals surface area (Å²) in [6.07, 6.45) is 0. The highest BCUT2D eigenvalue weighted by Gasteiger charge is 2.11. The van der Waals surface area contributed by atoms with Crippen LogP contribution in [-0.2, 0) is 11.3 Å². The van der Waals surface area contributed by atoms with Crippen LogP contribution in [0.4, 0.5) is 11.4 Å². The van der Waals surface area contributed by atoms with Crippen LogP contribution in [0.2, 0.25) is 0 Å². The van der Waals surface area contributed by atoms with Crippen LogP contribution in [0.1, 0.15) is 26.3 Å². The molecule has 3 heteroatoms. The molecule has 4 N–H and O–H groups in total. The van der Waals surface area contributed by atoms with Gasteiger partial charge in [0.25, 0.3) is 0 Å². The number of nitrogen functional groups attached to an aromatic ring is 2. The molecule has 1 rings (SSSR count). The first-order chi connectivity index (χ1) is 6.38. The first-order valence-electron chi connectivity index (χ1n) is 4.66. The van der Waals surface area contributed by atoms with Crippen LogP contribution in [0.3, 0.4) is 0 Å². The summed E-state index contributed by atoms with van der Waals surface area (Å²) in [7, 11) is 0. The second kappa shape index (κ2) is 3.88. The van der Waals surface area contributed by atoms with E-state index in [1.807, 2.05) is 26.8 Å². The Hall–Kier alpha value is -1.22. The Kier molecular flexibility index (Phi) is 3.01. The van der Waals surface area contributed by atoms with Crippen molar-refractivity contribution in [1.82, 2.24) is 0 Å². The van der Waals surface area contributed by atoms with E-state index in [-0.39, 0.29) is 5.60 Å². The van der Waals surface area contributed by atoms with Gasteiger partial charge in [0.2, 0.25) is 0 Å². The van der Waals surface area contributed by atoms with Crippen LogP contribution in [0.5, 0.6) is 0 Å². The topological polar surface area (TPSA) is 61.3 Å². The zero-order chi connectivity index (χ0) is 10.8. The predicted octanol–water partition coefficient (Wildman–Crippen LogP) is 2.17. The van der Waals surface area contributed by atoms with E-state index >= 15 is 0 Å². The molecule has 0 bridgehead atoms. The predicted molar refractivity (Wildman–Crippen MR) is 59.8 cm³/mol. The summed E-state index contributed by atoms with van der Waals surface area (Å²) in [5, 5.41) is 0. The highest BCUT2D eigenvalue weighted by atomic mass is 16.5. The van der Waals surface area contributed by atoms with Gasteiger partial charge >= 0.3 is 0 Å². The zero-order valence-corrected chi connectivity index (χ0v) is 9.00. The van der Waals surface area contributed by atoms with Crippen molar-refractivity contribution in [3.63, 3.8) is 0 Å². The van der Waals surface area contributed by atoms with Crippen LogP contribution in [-0.4, -0.2) is 5.60 Å². The van der Waals surface area contributed by atoms with Gasteiger partial charge in [-0.15, -0.1) is 0 Å². The molecule has 78 valence electrons. The third-order valence-electron chi connectivity index (χ3n) is 1.83. The van der Waals surface area contributed by atoms with Gasteiger partial charge in [-0.1, -0.05) is 0 Å². The molecule has 0 fully saturated rings. The fraction of sp³-hybridized carbons (Fsp3) is 0.455. The molecule has 0 saturated carbocycles. The van der Waals surface area contributed by atoms with Crippen molar-refractivity contribution in [1.29, 1.82) is 0 Å². The monoisotopic (exact) mass is 194 g/mol. The normalized spacial score (nSPS) is 11.6. The van der Waals surface area contributed by atoms with Gasteiger partial charge in [-0.25, -0.2) is 0 Å². The van der Waals surface area contributed by atoms with E-state index in [0.717, 1.165) is 11.3 Å². The van der Waals surface area contributed by atoms with Crippen LogP contribution in [0, 0.1) is 0 Å². The van der Waals surface area contributed by atoms with Crippen molar-refractivity contribution in [3.8, 4) is 0 Å². The van der Waals surface area contributed by atoms with Gasteiger partial charge in [0.1, 0.15) is 0 Å². The number of rotatable bonds is 2. The van der Waals surface area contributed by atoms with Crippen molar-refractivity contribution >= 4 is 11.4 Å². The summed E-state index contributed by atoms with van der Waals surface area (Å²) in [5.74, 6) is 0. The van der Waals surface area contributed by atoms with E-state index in [1.54, 1.807) is 12.1 Å². The lowest BCUT2D eigenvalue weighted by Crippen LogP contribution is -2.19. The van der Waals surface area contributed by atoms with Crippen molar-refractivity contribution in [2.45, 2.75) is 33.0 Å². The first kappa shape index (κ1) is 10.9. The van der Waals surface area contributed by atoms with E-state index in [1.165, 1.54) is 0 Å². The summed E-state index contributed by atoms with van der Waals surface area (Å²) in [6, 6.07) is 5.44. The van der Waals surface area contributed by atoms with Crippen LogP contribution < -0.4 is 11.5 Å². The fourth-order valence-electron chi connectivity index (χ4n) is 1.04. The number of anilines is 2. The van der Waals surface area contributed by atoms with Gasteiger partial charge in [-0.05, 0) is 39.0 Å².